The standard InChI is InChI=1S/C24H31N3O2/c1-19-11-13-27(14-12-19)18-22-9-7-21(8-10-22)16-25-24(29)17-26-23(28)15-20-5-3-2-4-6-20/h2-10,19H,11-18H2,1H3,(H,25,29)(H,26,28). The van der Waals surface area contributed by atoms with Crippen LogP contribution < -0.4 is 10.6 Å². The van der Waals surface area contributed by atoms with Gasteiger partial charge in [0.15, 0.2) is 0 Å². The van der Waals surface area contributed by atoms with E-state index in [0.29, 0.717) is 6.54 Å². The van der Waals surface area contributed by atoms with Gasteiger partial charge in [0.2, 0.25) is 11.8 Å². The first kappa shape index (κ1) is 21.1. The predicted octanol–water partition coefficient (Wildman–Crippen LogP) is 2.89. The lowest BCUT2D eigenvalue weighted by molar-refractivity contribution is -0.125. The third-order valence-corrected chi connectivity index (χ3v) is 5.45. The minimum absolute atomic E-state index is 0.00284. The molecule has 2 aromatic carbocycles. The maximum atomic E-state index is 12.0. The quantitative estimate of drug-likeness (QED) is 0.725. The van der Waals surface area contributed by atoms with Gasteiger partial charge in [-0.15, -0.1) is 0 Å². The number of benzene rings is 2. The highest BCUT2D eigenvalue weighted by Crippen LogP contribution is 2.18. The molecule has 1 heterocycles. The summed E-state index contributed by atoms with van der Waals surface area (Å²) in [6.45, 7) is 6.14. The number of piperidine rings is 1. The molecule has 29 heavy (non-hydrogen) atoms. The molecule has 1 aliphatic rings. The Hall–Kier alpha value is -2.66. The van der Waals surface area contributed by atoms with Crippen LogP contribution in [0.5, 0.6) is 0 Å². The van der Waals surface area contributed by atoms with Gasteiger partial charge in [-0.1, -0.05) is 61.5 Å². The normalized spacial score (nSPS) is 15.1. The van der Waals surface area contributed by atoms with E-state index < -0.39 is 0 Å². The van der Waals surface area contributed by atoms with Crippen molar-refractivity contribution >= 4 is 11.8 Å². The molecule has 5 heteroatoms. The molecule has 5 nitrogen and oxygen atoms in total. The number of hydrogen-bond donors (Lipinski definition) is 2. The fourth-order valence-electron chi connectivity index (χ4n) is 3.53. The van der Waals surface area contributed by atoms with Crippen molar-refractivity contribution in [3.63, 3.8) is 0 Å². The summed E-state index contributed by atoms with van der Waals surface area (Å²) in [4.78, 5) is 26.4. The molecular formula is C24H31N3O2. The van der Waals surface area contributed by atoms with Gasteiger partial charge in [0, 0.05) is 13.1 Å². The minimum Gasteiger partial charge on any atom is -0.350 e. The molecule has 3 rings (SSSR count). The molecule has 0 saturated carbocycles. The van der Waals surface area contributed by atoms with E-state index in [-0.39, 0.29) is 24.8 Å². The van der Waals surface area contributed by atoms with Crippen LogP contribution in [0.25, 0.3) is 0 Å². The van der Waals surface area contributed by atoms with Crippen LogP contribution in [0.3, 0.4) is 0 Å². The van der Waals surface area contributed by atoms with Crippen molar-refractivity contribution in [1.29, 1.82) is 0 Å². The topological polar surface area (TPSA) is 61.4 Å². The summed E-state index contributed by atoms with van der Waals surface area (Å²) in [5, 5.41) is 5.53. The van der Waals surface area contributed by atoms with Crippen LogP contribution in [0.15, 0.2) is 54.6 Å². The highest BCUT2D eigenvalue weighted by molar-refractivity contribution is 5.85. The van der Waals surface area contributed by atoms with Crippen LogP contribution in [0.1, 0.15) is 36.5 Å². The number of hydrogen-bond acceptors (Lipinski definition) is 3. The minimum atomic E-state index is -0.182. The molecule has 2 aromatic rings. The van der Waals surface area contributed by atoms with E-state index in [9.17, 15) is 9.59 Å². The van der Waals surface area contributed by atoms with E-state index in [4.69, 9.17) is 0 Å². The third-order valence-electron chi connectivity index (χ3n) is 5.45. The lowest BCUT2D eigenvalue weighted by Crippen LogP contribution is -2.37. The van der Waals surface area contributed by atoms with Crippen molar-refractivity contribution in [3.8, 4) is 0 Å². The number of carbonyl (C=O) groups is 2. The van der Waals surface area contributed by atoms with E-state index in [1.54, 1.807) is 0 Å². The van der Waals surface area contributed by atoms with Crippen molar-refractivity contribution in [2.75, 3.05) is 19.6 Å². The molecule has 1 aliphatic heterocycles. The molecule has 1 saturated heterocycles. The number of likely N-dealkylation sites (tertiary alicyclic amines) is 1. The van der Waals surface area contributed by atoms with Gasteiger partial charge in [-0.25, -0.2) is 0 Å². The first-order valence-electron chi connectivity index (χ1n) is 10.5. The van der Waals surface area contributed by atoms with E-state index in [1.165, 1.54) is 31.5 Å². The van der Waals surface area contributed by atoms with Crippen molar-refractivity contribution in [2.24, 2.45) is 5.92 Å². The van der Waals surface area contributed by atoms with E-state index in [1.807, 2.05) is 30.3 Å². The lowest BCUT2D eigenvalue weighted by Gasteiger charge is -2.30. The number of nitrogens with zero attached hydrogens (tertiary/aromatic N) is 1. The number of carbonyl (C=O) groups excluding carboxylic acids is 2. The van der Waals surface area contributed by atoms with Crippen molar-refractivity contribution in [2.45, 2.75) is 39.3 Å². The maximum Gasteiger partial charge on any atom is 0.239 e. The molecule has 1 fully saturated rings. The highest BCUT2D eigenvalue weighted by Gasteiger charge is 2.15. The second kappa shape index (κ2) is 10.8. The third kappa shape index (κ3) is 7.35. The molecule has 2 N–H and O–H groups in total. The molecule has 0 atom stereocenters. The summed E-state index contributed by atoms with van der Waals surface area (Å²) >= 11 is 0. The van der Waals surface area contributed by atoms with Gasteiger partial charge in [0.05, 0.1) is 13.0 Å². The molecule has 154 valence electrons. The smallest absolute Gasteiger partial charge is 0.239 e. The molecule has 0 spiro atoms. The van der Waals surface area contributed by atoms with Crippen LogP contribution in [0.2, 0.25) is 0 Å². The molecule has 0 unspecified atom stereocenters. The first-order chi connectivity index (χ1) is 14.1. The summed E-state index contributed by atoms with van der Waals surface area (Å²) < 4.78 is 0. The summed E-state index contributed by atoms with van der Waals surface area (Å²) in [5.74, 6) is 0.515. The summed E-state index contributed by atoms with van der Waals surface area (Å²) in [7, 11) is 0. The van der Waals surface area contributed by atoms with Crippen LogP contribution in [0.4, 0.5) is 0 Å². The molecule has 0 bridgehead atoms. The molecular weight excluding hydrogens is 362 g/mol. The SMILES string of the molecule is CC1CCN(Cc2ccc(CNC(=O)CNC(=O)Cc3ccccc3)cc2)CC1. The molecule has 0 aliphatic carbocycles. The van der Waals surface area contributed by atoms with Crippen molar-refractivity contribution < 1.29 is 9.59 Å². The molecule has 2 amide bonds. The Morgan fingerprint density at radius 3 is 2.21 bits per heavy atom. The first-order valence-corrected chi connectivity index (χ1v) is 10.5. The zero-order valence-corrected chi connectivity index (χ0v) is 17.2. The average Bonchev–Trinajstić information content (AvgIpc) is 2.74. The number of nitrogens with one attached hydrogen (secondary N) is 2. The number of amides is 2. The maximum absolute atomic E-state index is 12.0. The van der Waals surface area contributed by atoms with Crippen LogP contribution in [0, 0.1) is 5.92 Å². The van der Waals surface area contributed by atoms with Gasteiger partial charge in [0.25, 0.3) is 0 Å². The Labute approximate surface area is 173 Å². The highest BCUT2D eigenvalue weighted by atomic mass is 16.2. The van der Waals surface area contributed by atoms with E-state index in [0.717, 1.165) is 23.6 Å². The Morgan fingerprint density at radius 2 is 1.52 bits per heavy atom. The summed E-state index contributed by atoms with van der Waals surface area (Å²) in [6, 6.07) is 17.9. The second-order valence-electron chi connectivity index (χ2n) is 7.99. The molecule has 0 aromatic heterocycles. The Morgan fingerprint density at radius 1 is 0.862 bits per heavy atom. The van der Waals surface area contributed by atoms with Gasteiger partial charge >= 0.3 is 0 Å². The van der Waals surface area contributed by atoms with Gasteiger partial charge in [0.1, 0.15) is 0 Å². The second-order valence-corrected chi connectivity index (χ2v) is 7.99. The number of rotatable bonds is 8. The van der Waals surface area contributed by atoms with Crippen LogP contribution >= 0.6 is 0 Å². The fraction of sp³-hybridized carbons (Fsp3) is 0.417. The van der Waals surface area contributed by atoms with E-state index in [2.05, 4.69) is 46.7 Å². The monoisotopic (exact) mass is 393 g/mol. The summed E-state index contributed by atoms with van der Waals surface area (Å²) in [5.41, 5.74) is 3.30. The Kier molecular flexibility index (Phi) is 7.82. The van der Waals surface area contributed by atoms with Crippen LogP contribution in [-0.4, -0.2) is 36.3 Å². The molecule has 0 radical (unpaired) electrons. The fourth-order valence-corrected chi connectivity index (χ4v) is 3.53. The van der Waals surface area contributed by atoms with Gasteiger partial charge in [-0.05, 0) is 48.5 Å². The van der Waals surface area contributed by atoms with Gasteiger partial charge in [-0.3, -0.25) is 14.5 Å². The lowest BCUT2D eigenvalue weighted by atomic mass is 9.99. The largest absolute Gasteiger partial charge is 0.350 e. The predicted molar refractivity (Wildman–Crippen MR) is 115 cm³/mol. The summed E-state index contributed by atoms with van der Waals surface area (Å²) in [6.07, 6.45) is 2.85. The van der Waals surface area contributed by atoms with Crippen molar-refractivity contribution in [3.05, 3.63) is 71.3 Å². The Bertz CT molecular complexity index is 782. The van der Waals surface area contributed by atoms with Gasteiger partial charge < -0.3 is 10.6 Å². The zero-order valence-electron chi connectivity index (χ0n) is 17.2. The van der Waals surface area contributed by atoms with Gasteiger partial charge in [-0.2, -0.15) is 0 Å². The average molecular weight is 394 g/mol. The van der Waals surface area contributed by atoms with Crippen LogP contribution in [-0.2, 0) is 29.1 Å². The zero-order chi connectivity index (χ0) is 20.5. The van der Waals surface area contributed by atoms with E-state index >= 15 is 0 Å². The Balaban J connectivity index is 1.35. The van der Waals surface area contributed by atoms with Crippen molar-refractivity contribution in [1.82, 2.24) is 15.5 Å².